The monoisotopic (exact) mass is 393 g/mol. The topological polar surface area (TPSA) is 177 Å². The zero-order valence-corrected chi connectivity index (χ0v) is 15.5. The first-order valence-electron chi connectivity index (χ1n) is 9.24. The van der Waals surface area contributed by atoms with Crippen molar-refractivity contribution in [2.45, 2.75) is 88.1 Å². The molecule has 0 bridgehead atoms. The molecule has 0 radical (unpaired) electrons. The maximum Gasteiger partial charge on any atom is 0.364 e. The van der Waals surface area contributed by atoms with Gasteiger partial charge in [-0.15, -0.1) is 0 Å². The minimum Gasteiger partial charge on any atom is -0.477 e. The van der Waals surface area contributed by atoms with Crippen molar-refractivity contribution < 1.29 is 45.0 Å². The van der Waals surface area contributed by atoms with Crippen LogP contribution in [-0.4, -0.2) is 85.4 Å². The Morgan fingerprint density at radius 3 is 2.41 bits per heavy atom. The summed E-state index contributed by atoms with van der Waals surface area (Å²) in [5, 5.41) is 60.6. The Morgan fingerprint density at radius 2 is 1.85 bits per heavy atom. The van der Waals surface area contributed by atoms with Gasteiger partial charge in [-0.1, -0.05) is 32.6 Å². The summed E-state index contributed by atoms with van der Waals surface area (Å²) in [4.78, 5) is 23.4. The van der Waals surface area contributed by atoms with Crippen molar-refractivity contribution in [2.75, 3.05) is 6.61 Å². The van der Waals surface area contributed by atoms with E-state index in [2.05, 4.69) is 12.2 Å². The Labute approximate surface area is 157 Å². The highest BCUT2D eigenvalue weighted by molar-refractivity contribution is 5.77. The molecule has 0 saturated carbocycles. The van der Waals surface area contributed by atoms with Crippen LogP contribution in [0.25, 0.3) is 0 Å². The van der Waals surface area contributed by atoms with Crippen molar-refractivity contribution in [1.82, 2.24) is 5.32 Å². The van der Waals surface area contributed by atoms with E-state index in [1.807, 2.05) is 0 Å². The van der Waals surface area contributed by atoms with Gasteiger partial charge in [-0.2, -0.15) is 0 Å². The van der Waals surface area contributed by atoms with Crippen LogP contribution in [0.3, 0.4) is 0 Å². The zero-order valence-electron chi connectivity index (χ0n) is 15.5. The maximum absolute atomic E-state index is 12.1. The average Bonchev–Trinajstić information content (AvgIpc) is 2.62. The molecule has 1 amide bonds. The number of amides is 1. The Kier molecular flexibility index (Phi) is 9.57. The Morgan fingerprint density at radius 1 is 1.22 bits per heavy atom. The summed E-state index contributed by atoms with van der Waals surface area (Å²) >= 11 is 0. The second kappa shape index (κ2) is 10.9. The fourth-order valence-electron chi connectivity index (χ4n) is 3.05. The van der Waals surface area contributed by atoms with E-state index in [9.17, 15) is 30.0 Å². The molecule has 1 fully saturated rings. The molecule has 158 valence electrons. The molecule has 1 unspecified atom stereocenters. The fourth-order valence-corrected chi connectivity index (χ4v) is 3.05. The predicted octanol–water partition coefficient (Wildman–Crippen LogP) is -1.53. The summed E-state index contributed by atoms with van der Waals surface area (Å²) in [7, 11) is 0. The molecular weight excluding hydrogens is 362 g/mol. The molecule has 0 spiro atoms. The lowest BCUT2D eigenvalue weighted by atomic mass is 9.88. The van der Waals surface area contributed by atoms with Gasteiger partial charge in [0.15, 0.2) is 0 Å². The van der Waals surface area contributed by atoms with Crippen LogP contribution in [0, 0.1) is 0 Å². The van der Waals surface area contributed by atoms with Gasteiger partial charge >= 0.3 is 5.97 Å². The van der Waals surface area contributed by atoms with Crippen LogP contribution in [0.4, 0.5) is 0 Å². The highest BCUT2D eigenvalue weighted by Crippen LogP contribution is 2.30. The third-order valence-electron chi connectivity index (χ3n) is 4.67. The number of hydrogen-bond donors (Lipinski definition) is 7. The lowest BCUT2D eigenvalue weighted by Crippen LogP contribution is -2.67. The first-order valence-corrected chi connectivity index (χ1v) is 9.24. The zero-order chi connectivity index (χ0) is 20.6. The van der Waals surface area contributed by atoms with E-state index >= 15 is 0 Å². The first-order chi connectivity index (χ1) is 12.7. The van der Waals surface area contributed by atoms with Gasteiger partial charge in [0.1, 0.15) is 18.3 Å². The first kappa shape index (κ1) is 23.7. The average molecular weight is 393 g/mol. The van der Waals surface area contributed by atoms with Gasteiger partial charge in [0.05, 0.1) is 18.8 Å². The van der Waals surface area contributed by atoms with E-state index in [0.29, 0.717) is 6.42 Å². The molecule has 6 atom stereocenters. The molecule has 1 saturated heterocycles. The summed E-state index contributed by atoms with van der Waals surface area (Å²) in [6.45, 7) is 1.21. The van der Waals surface area contributed by atoms with Gasteiger partial charge in [-0.05, 0) is 6.42 Å². The van der Waals surface area contributed by atoms with Gasteiger partial charge in [0, 0.05) is 12.8 Å². The second-order valence-electron chi connectivity index (χ2n) is 6.94. The van der Waals surface area contributed by atoms with Crippen molar-refractivity contribution in [2.24, 2.45) is 0 Å². The number of aliphatic hydroxyl groups excluding tert-OH is 4. The number of carbonyl (C=O) groups excluding carboxylic acids is 1. The Bertz CT molecular complexity index is 489. The second-order valence-corrected chi connectivity index (χ2v) is 6.94. The van der Waals surface area contributed by atoms with Crippen LogP contribution in [0.15, 0.2) is 0 Å². The maximum atomic E-state index is 12.1. The lowest BCUT2D eigenvalue weighted by Gasteiger charge is -2.44. The van der Waals surface area contributed by atoms with E-state index in [-0.39, 0.29) is 6.42 Å². The van der Waals surface area contributed by atoms with Crippen LogP contribution in [0.1, 0.15) is 51.9 Å². The summed E-state index contributed by atoms with van der Waals surface area (Å²) in [5.74, 6) is -5.00. The van der Waals surface area contributed by atoms with Crippen molar-refractivity contribution in [1.29, 1.82) is 0 Å². The summed E-state index contributed by atoms with van der Waals surface area (Å²) in [6, 6.07) is -1.26. The van der Waals surface area contributed by atoms with Crippen molar-refractivity contribution >= 4 is 11.9 Å². The van der Waals surface area contributed by atoms with Gasteiger partial charge in [0.25, 0.3) is 5.79 Å². The quantitative estimate of drug-likeness (QED) is 0.205. The van der Waals surface area contributed by atoms with Crippen LogP contribution < -0.4 is 5.32 Å². The molecule has 0 aromatic carbocycles. The minimum absolute atomic E-state index is 0.168. The normalized spacial score (nSPS) is 30.5. The van der Waals surface area contributed by atoms with E-state index in [1.54, 1.807) is 0 Å². The molecule has 0 aliphatic carbocycles. The number of carboxylic acid groups (broad SMARTS) is 1. The van der Waals surface area contributed by atoms with E-state index in [1.165, 1.54) is 0 Å². The highest BCUT2D eigenvalue weighted by Gasteiger charge is 2.53. The number of carbonyl (C=O) groups is 2. The van der Waals surface area contributed by atoms with Crippen LogP contribution >= 0.6 is 0 Å². The van der Waals surface area contributed by atoms with E-state index in [0.717, 1.165) is 25.7 Å². The minimum atomic E-state index is -2.79. The largest absolute Gasteiger partial charge is 0.477 e. The van der Waals surface area contributed by atoms with Crippen molar-refractivity contribution in [3.63, 3.8) is 0 Å². The third kappa shape index (κ3) is 6.66. The molecule has 10 nitrogen and oxygen atoms in total. The molecular formula is C17H31NO9. The predicted molar refractivity (Wildman–Crippen MR) is 92.5 cm³/mol. The Balaban J connectivity index is 2.81. The number of unbranched alkanes of at least 4 members (excludes halogenated alkanes) is 4. The Hall–Kier alpha value is -1.30. The number of carboxylic acids is 1. The van der Waals surface area contributed by atoms with Gasteiger partial charge in [0.2, 0.25) is 5.91 Å². The number of ether oxygens (including phenoxy) is 1. The highest BCUT2D eigenvalue weighted by atomic mass is 16.7. The smallest absolute Gasteiger partial charge is 0.364 e. The molecule has 1 aliphatic heterocycles. The van der Waals surface area contributed by atoms with E-state index < -0.39 is 61.1 Å². The molecule has 10 heteroatoms. The van der Waals surface area contributed by atoms with Gasteiger partial charge in [-0.3, -0.25) is 4.79 Å². The fraction of sp³-hybridized carbons (Fsp3) is 0.882. The summed E-state index contributed by atoms with van der Waals surface area (Å²) in [5.41, 5.74) is 0. The molecule has 7 N–H and O–H groups in total. The van der Waals surface area contributed by atoms with Crippen LogP contribution in [0.2, 0.25) is 0 Å². The molecule has 1 heterocycles. The molecule has 27 heavy (non-hydrogen) atoms. The number of rotatable bonds is 11. The summed E-state index contributed by atoms with van der Waals surface area (Å²) in [6.07, 6.45) is -2.69. The number of aliphatic hydroxyl groups is 5. The summed E-state index contributed by atoms with van der Waals surface area (Å²) < 4.78 is 5.02. The SMILES string of the molecule is CCCCCCCC(=O)N[C@H]1C([C@H](O)[C@H](O)CO)O[C@@](O)(C(=O)O)C[C@H]1O. The van der Waals surface area contributed by atoms with Gasteiger partial charge in [-0.25, -0.2) is 4.79 Å². The van der Waals surface area contributed by atoms with Crippen molar-refractivity contribution in [3.05, 3.63) is 0 Å². The van der Waals surface area contributed by atoms with Crippen LogP contribution in [-0.2, 0) is 14.3 Å². The lowest BCUT2D eigenvalue weighted by molar-refractivity contribution is -0.295. The van der Waals surface area contributed by atoms with Crippen LogP contribution in [0.5, 0.6) is 0 Å². The number of nitrogens with one attached hydrogen (secondary N) is 1. The third-order valence-corrected chi connectivity index (χ3v) is 4.67. The number of aliphatic carboxylic acids is 1. The molecule has 0 aromatic rings. The number of hydrogen-bond acceptors (Lipinski definition) is 8. The van der Waals surface area contributed by atoms with Crippen molar-refractivity contribution in [3.8, 4) is 0 Å². The van der Waals surface area contributed by atoms with Gasteiger partial charge < -0.3 is 40.7 Å². The molecule has 1 rings (SSSR count). The standard InChI is InChI=1S/C17H31NO9/c1-2-3-4-5-6-7-12(22)18-13-10(20)8-17(26,16(24)25)27-15(13)14(23)11(21)9-19/h10-11,13-15,19-21,23,26H,2-9H2,1H3,(H,18,22)(H,24,25)/t10-,11-,13-,14-,15?,17-/m1/s1. The van der Waals surface area contributed by atoms with E-state index in [4.69, 9.17) is 14.9 Å². The molecule has 0 aromatic heterocycles. The molecule has 1 aliphatic rings.